The molecule has 2 aliphatic rings. The highest BCUT2D eigenvalue weighted by Gasteiger charge is 2.52. The van der Waals surface area contributed by atoms with Crippen LogP contribution < -0.4 is 11.1 Å². The zero-order valence-corrected chi connectivity index (χ0v) is 11.8. The maximum Gasteiger partial charge on any atom is 0.305 e. The highest BCUT2D eigenvalue weighted by Crippen LogP contribution is 2.49. The van der Waals surface area contributed by atoms with Crippen LogP contribution in [0.4, 0.5) is 5.69 Å². The summed E-state index contributed by atoms with van der Waals surface area (Å²) < 4.78 is 0. The number of nitrogens with two attached hydrogens (primary N) is 1. The molecule has 1 aromatic rings. The van der Waals surface area contributed by atoms with E-state index in [4.69, 9.17) is 10.8 Å². The van der Waals surface area contributed by atoms with Crippen molar-refractivity contribution in [1.82, 2.24) is 5.32 Å². The third-order valence-electron chi connectivity index (χ3n) is 4.55. The minimum Gasteiger partial charge on any atom is -0.481 e. The Labute approximate surface area is 123 Å². The second-order valence-electron chi connectivity index (χ2n) is 6.22. The van der Waals surface area contributed by atoms with Crippen molar-refractivity contribution in [2.75, 3.05) is 5.73 Å². The molecular weight excluding hydrogens is 268 g/mol. The fourth-order valence-corrected chi connectivity index (χ4v) is 2.90. The average Bonchev–Trinajstić information content (AvgIpc) is 3.31. The number of nitrogen functional groups attached to an aromatic ring is 1. The van der Waals surface area contributed by atoms with Crippen LogP contribution in [0.5, 0.6) is 0 Å². The van der Waals surface area contributed by atoms with Gasteiger partial charge < -0.3 is 16.2 Å². The maximum atomic E-state index is 12.6. The molecule has 2 fully saturated rings. The summed E-state index contributed by atoms with van der Waals surface area (Å²) in [5.74, 6) is -0.567. The Kier molecular flexibility index (Phi) is 3.35. The number of benzene rings is 1. The van der Waals surface area contributed by atoms with E-state index < -0.39 is 11.4 Å². The van der Waals surface area contributed by atoms with Crippen LogP contribution in [0.2, 0.25) is 0 Å². The van der Waals surface area contributed by atoms with E-state index in [1.165, 1.54) is 0 Å². The number of nitrogens with one attached hydrogen (secondary N) is 1. The van der Waals surface area contributed by atoms with E-state index in [0.29, 0.717) is 11.6 Å². The number of carboxylic acid groups (broad SMARTS) is 1. The van der Waals surface area contributed by atoms with Crippen molar-refractivity contribution in [1.29, 1.82) is 0 Å². The van der Waals surface area contributed by atoms with E-state index in [1.807, 2.05) is 12.1 Å². The van der Waals surface area contributed by atoms with Gasteiger partial charge in [-0.25, -0.2) is 0 Å². The standard InChI is InChI=1S/C16H20N2O3/c17-12-5-3-11(4-6-12)16(7-8-16)15(21)18-13(9-14(19)20)10-1-2-10/h3-6,10,13H,1-2,7-9,17H2,(H,18,21)(H,19,20). The molecule has 0 aliphatic heterocycles. The molecule has 5 nitrogen and oxygen atoms in total. The highest BCUT2D eigenvalue weighted by atomic mass is 16.4. The molecule has 0 radical (unpaired) electrons. The molecule has 5 heteroatoms. The third kappa shape index (κ3) is 2.86. The number of anilines is 1. The molecule has 2 saturated carbocycles. The Morgan fingerprint density at radius 3 is 2.38 bits per heavy atom. The molecule has 4 N–H and O–H groups in total. The molecule has 1 unspecified atom stereocenters. The summed E-state index contributed by atoms with van der Waals surface area (Å²) in [6, 6.07) is 7.16. The Hall–Kier alpha value is -2.04. The number of amides is 1. The molecule has 1 atom stereocenters. The maximum absolute atomic E-state index is 12.6. The molecule has 0 saturated heterocycles. The van der Waals surface area contributed by atoms with Gasteiger partial charge in [0.15, 0.2) is 0 Å². The number of aliphatic carboxylic acids is 1. The van der Waals surface area contributed by atoms with Crippen LogP contribution >= 0.6 is 0 Å². The van der Waals surface area contributed by atoms with Gasteiger partial charge in [0.1, 0.15) is 0 Å². The van der Waals surface area contributed by atoms with Crippen LogP contribution in [0.15, 0.2) is 24.3 Å². The fraction of sp³-hybridized carbons (Fsp3) is 0.500. The smallest absolute Gasteiger partial charge is 0.305 e. The van der Waals surface area contributed by atoms with Gasteiger partial charge in [-0.3, -0.25) is 9.59 Å². The van der Waals surface area contributed by atoms with Crippen molar-refractivity contribution in [3.8, 4) is 0 Å². The van der Waals surface area contributed by atoms with Crippen molar-refractivity contribution in [2.45, 2.75) is 43.6 Å². The Morgan fingerprint density at radius 1 is 1.29 bits per heavy atom. The topological polar surface area (TPSA) is 92.4 Å². The molecule has 112 valence electrons. The zero-order valence-electron chi connectivity index (χ0n) is 11.8. The molecule has 0 spiro atoms. The van der Waals surface area contributed by atoms with Gasteiger partial charge in [-0.1, -0.05) is 12.1 Å². The van der Waals surface area contributed by atoms with Crippen LogP contribution in [0.25, 0.3) is 0 Å². The van der Waals surface area contributed by atoms with Gasteiger partial charge >= 0.3 is 5.97 Å². The summed E-state index contributed by atoms with van der Waals surface area (Å²) >= 11 is 0. The van der Waals surface area contributed by atoms with Gasteiger partial charge in [-0.15, -0.1) is 0 Å². The Balaban J connectivity index is 1.72. The molecule has 0 heterocycles. The van der Waals surface area contributed by atoms with Gasteiger partial charge in [0.05, 0.1) is 11.8 Å². The minimum atomic E-state index is -0.857. The number of carbonyl (C=O) groups excluding carboxylic acids is 1. The van der Waals surface area contributed by atoms with Crippen molar-refractivity contribution >= 4 is 17.6 Å². The van der Waals surface area contributed by atoms with Crippen LogP contribution in [-0.2, 0) is 15.0 Å². The lowest BCUT2D eigenvalue weighted by Crippen LogP contribution is -2.43. The highest BCUT2D eigenvalue weighted by molar-refractivity contribution is 5.91. The lowest BCUT2D eigenvalue weighted by Gasteiger charge is -2.21. The summed E-state index contributed by atoms with van der Waals surface area (Å²) in [7, 11) is 0. The summed E-state index contributed by atoms with van der Waals surface area (Å²) in [5.41, 5.74) is 6.86. The third-order valence-corrected chi connectivity index (χ3v) is 4.55. The monoisotopic (exact) mass is 288 g/mol. The van der Waals surface area contributed by atoms with Crippen molar-refractivity contribution < 1.29 is 14.7 Å². The van der Waals surface area contributed by atoms with E-state index in [2.05, 4.69) is 5.32 Å². The number of carbonyl (C=O) groups is 2. The van der Waals surface area contributed by atoms with Crippen LogP contribution in [0.1, 0.15) is 37.7 Å². The SMILES string of the molecule is Nc1ccc(C2(C(=O)NC(CC(=O)O)C3CC3)CC2)cc1. The van der Waals surface area contributed by atoms with Crippen LogP contribution in [-0.4, -0.2) is 23.0 Å². The first-order chi connectivity index (χ1) is 10.0. The lowest BCUT2D eigenvalue weighted by atomic mass is 9.94. The zero-order chi connectivity index (χ0) is 15.0. The van der Waals surface area contributed by atoms with Gasteiger partial charge in [0.2, 0.25) is 5.91 Å². The van der Waals surface area contributed by atoms with Gasteiger partial charge in [0.25, 0.3) is 0 Å². The fourth-order valence-electron chi connectivity index (χ4n) is 2.90. The first-order valence-electron chi connectivity index (χ1n) is 7.40. The number of carboxylic acids is 1. The van der Waals surface area contributed by atoms with E-state index in [1.54, 1.807) is 12.1 Å². The molecule has 1 aromatic carbocycles. The van der Waals surface area contributed by atoms with E-state index in [-0.39, 0.29) is 18.4 Å². The molecule has 1 amide bonds. The van der Waals surface area contributed by atoms with Crippen LogP contribution in [0.3, 0.4) is 0 Å². The van der Waals surface area contributed by atoms with Gasteiger partial charge in [-0.05, 0) is 49.3 Å². The first-order valence-corrected chi connectivity index (χ1v) is 7.40. The second kappa shape index (κ2) is 5.06. The van der Waals surface area contributed by atoms with Crippen molar-refractivity contribution in [3.05, 3.63) is 29.8 Å². The van der Waals surface area contributed by atoms with E-state index >= 15 is 0 Å². The molecule has 0 bridgehead atoms. The van der Waals surface area contributed by atoms with E-state index in [0.717, 1.165) is 31.2 Å². The normalized spacial score (nSPS) is 20.6. The molecule has 3 rings (SSSR count). The number of rotatable bonds is 6. The van der Waals surface area contributed by atoms with Crippen LogP contribution in [0, 0.1) is 5.92 Å². The summed E-state index contributed by atoms with van der Waals surface area (Å²) in [4.78, 5) is 23.5. The summed E-state index contributed by atoms with van der Waals surface area (Å²) in [6.45, 7) is 0. The van der Waals surface area contributed by atoms with Gasteiger partial charge in [0, 0.05) is 11.7 Å². The predicted octanol–water partition coefficient (Wildman–Crippen LogP) is 1.67. The average molecular weight is 288 g/mol. The largest absolute Gasteiger partial charge is 0.481 e. The van der Waals surface area contributed by atoms with Crippen molar-refractivity contribution in [3.63, 3.8) is 0 Å². The second-order valence-corrected chi connectivity index (χ2v) is 6.22. The molecule has 21 heavy (non-hydrogen) atoms. The van der Waals surface area contributed by atoms with E-state index in [9.17, 15) is 9.59 Å². The Bertz CT molecular complexity index is 559. The number of hydrogen-bond donors (Lipinski definition) is 3. The first kappa shape index (κ1) is 13.9. The molecule has 0 aromatic heterocycles. The summed E-state index contributed by atoms with van der Waals surface area (Å²) in [5, 5.41) is 11.9. The summed E-state index contributed by atoms with van der Waals surface area (Å²) in [6.07, 6.45) is 3.65. The van der Waals surface area contributed by atoms with Crippen molar-refractivity contribution in [2.24, 2.45) is 5.92 Å². The van der Waals surface area contributed by atoms with Gasteiger partial charge in [-0.2, -0.15) is 0 Å². The predicted molar refractivity (Wildman–Crippen MR) is 78.7 cm³/mol. The lowest BCUT2D eigenvalue weighted by molar-refractivity contribution is -0.138. The quantitative estimate of drug-likeness (QED) is 0.694. The number of hydrogen-bond acceptors (Lipinski definition) is 3. The Morgan fingerprint density at radius 2 is 1.90 bits per heavy atom. The molecule has 2 aliphatic carbocycles. The minimum absolute atomic E-state index is 0.00816. The molecular formula is C16H20N2O3.